The number of amides is 2. The molecule has 0 spiro atoms. The molecule has 0 saturated carbocycles. The van der Waals surface area contributed by atoms with Crippen LogP contribution in [-0.2, 0) is 16.0 Å². The molecule has 10 nitrogen and oxygen atoms in total. The van der Waals surface area contributed by atoms with Gasteiger partial charge in [0.15, 0.2) is 6.19 Å². The number of rotatable bonds is 10. The molecule has 0 aliphatic rings. The molecule has 0 radical (unpaired) electrons. The van der Waals surface area contributed by atoms with Crippen molar-refractivity contribution in [2.24, 2.45) is 10.7 Å². The van der Waals surface area contributed by atoms with E-state index in [0.717, 1.165) is 11.1 Å². The minimum Gasteiger partial charge on any atom is -0.481 e. The Morgan fingerprint density at radius 1 is 1.00 bits per heavy atom. The molecular formula is C27H26N6O4. The molecule has 6 N–H and O–H groups in total. The second kappa shape index (κ2) is 13.1. The van der Waals surface area contributed by atoms with Crippen molar-refractivity contribution >= 4 is 29.4 Å². The van der Waals surface area contributed by atoms with Crippen molar-refractivity contribution in [2.45, 2.75) is 18.9 Å². The fourth-order valence-corrected chi connectivity index (χ4v) is 3.71. The second-order valence-electron chi connectivity index (χ2n) is 8.05. The van der Waals surface area contributed by atoms with Crippen LogP contribution in [0, 0.1) is 11.5 Å². The number of hydrogen-bond acceptors (Lipinski definition) is 5. The highest BCUT2D eigenvalue weighted by Gasteiger charge is 2.21. The first-order chi connectivity index (χ1) is 17.9. The van der Waals surface area contributed by atoms with E-state index in [4.69, 9.17) is 11.0 Å². The number of guanidine groups is 1. The number of benzene rings is 3. The third-order valence-electron chi connectivity index (χ3n) is 5.33. The summed E-state index contributed by atoms with van der Waals surface area (Å²) >= 11 is 0. The van der Waals surface area contributed by atoms with Gasteiger partial charge in [0, 0.05) is 5.56 Å². The second-order valence-corrected chi connectivity index (χ2v) is 8.05. The molecule has 3 aromatic carbocycles. The van der Waals surface area contributed by atoms with Gasteiger partial charge in [-0.2, -0.15) is 5.26 Å². The van der Waals surface area contributed by atoms with Crippen LogP contribution in [0.2, 0.25) is 0 Å². The number of aliphatic carboxylic acids is 1. The highest BCUT2D eigenvalue weighted by Crippen LogP contribution is 2.24. The molecule has 2 amide bonds. The molecule has 3 rings (SSSR count). The summed E-state index contributed by atoms with van der Waals surface area (Å²) in [5.41, 5.74) is 8.76. The van der Waals surface area contributed by atoms with Crippen LogP contribution < -0.4 is 21.7 Å². The molecule has 1 atom stereocenters. The summed E-state index contributed by atoms with van der Waals surface area (Å²) in [4.78, 5) is 40.8. The molecule has 37 heavy (non-hydrogen) atoms. The van der Waals surface area contributed by atoms with Crippen LogP contribution in [0.25, 0.3) is 0 Å². The van der Waals surface area contributed by atoms with Crippen LogP contribution in [0.1, 0.15) is 39.5 Å². The summed E-state index contributed by atoms with van der Waals surface area (Å²) in [7, 11) is 0. The molecule has 0 fully saturated rings. The van der Waals surface area contributed by atoms with Gasteiger partial charge in [0.05, 0.1) is 24.7 Å². The number of carbonyl (C=O) groups is 3. The molecular weight excluding hydrogens is 472 g/mol. The molecule has 0 bridgehead atoms. The van der Waals surface area contributed by atoms with Crippen molar-refractivity contribution in [3.8, 4) is 6.19 Å². The Balaban J connectivity index is 1.68. The minimum absolute atomic E-state index is 0.128. The van der Waals surface area contributed by atoms with Gasteiger partial charge in [-0.25, -0.2) is 4.99 Å². The Morgan fingerprint density at radius 2 is 1.73 bits per heavy atom. The average Bonchev–Trinajstić information content (AvgIpc) is 2.88. The number of carbonyl (C=O) groups excluding carboxylic acids is 2. The van der Waals surface area contributed by atoms with Gasteiger partial charge in [-0.1, -0.05) is 60.7 Å². The Morgan fingerprint density at radius 3 is 2.46 bits per heavy atom. The lowest BCUT2D eigenvalue weighted by Gasteiger charge is -2.21. The Bertz CT molecular complexity index is 1330. The highest BCUT2D eigenvalue weighted by atomic mass is 16.4. The maximum Gasteiger partial charge on any atom is 0.305 e. The van der Waals surface area contributed by atoms with E-state index in [-0.39, 0.29) is 24.5 Å². The van der Waals surface area contributed by atoms with Crippen molar-refractivity contribution in [1.29, 1.82) is 5.26 Å². The maximum atomic E-state index is 12.7. The predicted molar refractivity (Wildman–Crippen MR) is 138 cm³/mol. The fraction of sp³-hybridized carbons (Fsp3) is 0.148. The van der Waals surface area contributed by atoms with E-state index in [1.807, 2.05) is 42.5 Å². The molecule has 188 valence electrons. The van der Waals surface area contributed by atoms with Crippen LogP contribution in [0.3, 0.4) is 0 Å². The van der Waals surface area contributed by atoms with Gasteiger partial charge in [-0.05, 0) is 41.3 Å². The summed E-state index contributed by atoms with van der Waals surface area (Å²) in [5, 5.41) is 25.5. The van der Waals surface area contributed by atoms with Gasteiger partial charge in [0.2, 0.25) is 11.9 Å². The molecule has 0 aromatic heterocycles. The van der Waals surface area contributed by atoms with Crippen LogP contribution in [0.5, 0.6) is 0 Å². The molecule has 0 aliphatic carbocycles. The third-order valence-corrected chi connectivity index (χ3v) is 5.33. The van der Waals surface area contributed by atoms with Gasteiger partial charge >= 0.3 is 5.97 Å². The van der Waals surface area contributed by atoms with E-state index < -0.39 is 23.8 Å². The van der Waals surface area contributed by atoms with Crippen LogP contribution >= 0.6 is 0 Å². The zero-order chi connectivity index (χ0) is 26.6. The normalized spacial score (nSPS) is 11.6. The topological polar surface area (TPSA) is 170 Å². The lowest BCUT2D eigenvalue weighted by atomic mass is 9.93. The van der Waals surface area contributed by atoms with Crippen molar-refractivity contribution < 1.29 is 19.5 Å². The quantitative estimate of drug-likeness (QED) is 0.124. The standard InChI is InChI=1S/C27H26N6O4/c28-17-31-27(29)32-21-11-6-10-20(14-21)26(37)30-16-24(34)33-23(15-25(35)36)22-12-5-4-9-19(22)13-18-7-2-1-3-8-18/h1-12,14,23H,13,15-16H2,(H,30,37)(H,33,34)(H,35,36)(H3,29,31,32). The molecule has 0 saturated heterocycles. The smallest absolute Gasteiger partial charge is 0.305 e. The Hall–Kier alpha value is -5.17. The number of nitrogens with two attached hydrogens (primary N) is 1. The van der Waals surface area contributed by atoms with Gasteiger partial charge in [-0.3, -0.25) is 19.7 Å². The number of hydrogen-bond donors (Lipinski definition) is 5. The van der Waals surface area contributed by atoms with Gasteiger partial charge in [0.25, 0.3) is 5.91 Å². The summed E-state index contributed by atoms with van der Waals surface area (Å²) < 4.78 is 0. The highest BCUT2D eigenvalue weighted by molar-refractivity contribution is 5.97. The average molecular weight is 499 g/mol. The monoisotopic (exact) mass is 498 g/mol. The van der Waals surface area contributed by atoms with E-state index in [2.05, 4.69) is 20.9 Å². The van der Waals surface area contributed by atoms with Crippen molar-refractivity contribution in [3.05, 3.63) is 101 Å². The zero-order valence-electron chi connectivity index (χ0n) is 19.8. The van der Waals surface area contributed by atoms with Crippen LogP contribution in [0.4, 0.5) is 5.69 Å². The maximum absolute atomic E-state index is 12.7. The number of nitrogens with one attached hydrogen (secondary N) is 3. The Labute approximate surface area is 213 Å². The predicted octanol–water partition coefficient (Wildman–Crippen LogP) is 2.36. The number of nitrogens with zero attached hydrogens (tertiary/aromatic N) is 2. The van der Waals surface area contributed by atoms with Crippen molar-refractivity contribution in [1.82, 2.24) is 16.0 Å². The first-order valence-corrected chi connectivity index (χ1v) is 11.4. The first kappa shape index (κ1) is 26.4. The first-order valence-electron chi connectivity index (χ1n) is 11.4. The van der Waals surface area contributed by atoms with Crippen molar-refractivity contribution in [2.75, 3.05) is 6.54 Å². The SMILES string of the molecule is N#CNC(N)=Nc1cccc(C(=O)NCC(=O)NC(CC(=O)O)c2ccccc2Cc2ccccc2)c1. The molecule has 10 heteroatoms. The van der Waals surface area contributed by atoms with Crippen LogP contribution in [0.15, 0.2) is 83.9 Å². The number of carboxylic acids is 1. The van der Waals surface area contributed by atoms with E-state index in [9.17, 15) is 19.5 Å². The molecule has 1 unspecified atom stereocenters. The lowest BCUT2D eigenvalue weighted by molar-refractivity contribution is -0.137. The van der Waals surface area contributed by atoms with Crippen LogP contribution in [-0.4, -0.2) is 35.4 Å². The largest absolute Gasteiger partial charge is 0.481 e. The molecule has 0 aliphatic heterocycles. The number of aliphatic imine (C=N–C) groups is 1. The van der Waals surface area contributed by atoms with Crippen molar-refractivity contribution in [3.63, 3.8) is 0 Å². The van der Waals surface area contributed by atoms with E-state index >= 15 is 0 Å². The van der Waals surface area contributed by atoms with Gasteiger partial charge < -0.3 is 21.5 Å². The minimum atomic E-state index is -1.06. The summed E-state index contributed by atoms with van der Waals surface area (Å²) in [6.07, 6.45) is 1.91. The van der Waals surface area contributed by atoms with E-state index in [1.165, 1.54) is 12.1 Å². The summed E-state index contributed by atoms with van der Waals surface area (Å²) in [6, 6.07) is 22.5. The summed E-state index contributed by atoms with van der Waals surface area (Å²) in [5.74, 6) is -2.26. The lowest BCUT2D eigenvalue weighted by Crippen LogP contribution is -2.39. The number of carboxylic acid groups (broad SMARTS) is 1. The van der Waals surface area contributed by atoms with E-state index in [1.54, 1.807) is 30.5 Å². The van der Waals surface area contributed by atoms with Gasteiger partial charge in [-0.15, -0.1) is 0 Å². The summed E-state index contributed by atoms with van der Waals surface area (Å²) in [6.45, 7) is -0.360. The number of nitriles is 1. The zero-order valence-corrected chi connectivity index (χ0v) is 19.8. The fourth-order valence-electron chi connectivity index (χ4n) is 3.71. The third kappa shape index (κ3) is 8.22. The Kier molecular flexibility index (Phi) is 9.33. The van der Waals surface area contributed by atoms with E-state index in [0.29, 0.717) is 17.7 Å². The van der Waals surface area contributed by atoms with Gasteiger partial charge in [0.1, 0.15) is 0 Å². The molecule has 3 aromatic rings. The molecule has 0 heterocycles.